The van der Waals surface area contributed by atoms with Crippen molar-refractivity contribution in [1.82, 2.24) is 4.90 Å². The molecule has 1 aromatic carbocycles. The highest BCUT2D eigenvalue weighted by Crippen LogP contribution is 2.36. The topological polar surface area (TPSA) is 38.8 Å². The summed E-state index contributed by atoms with van der Waals surface area (Å²) in [7, 11) is 3.09. The first-order valence-corrected chi connectivity index (χ1v) is 9.04. The van der Waals surface area contributed by atoms with E-state index in [0.29, 0.717) is 39.0 Å². The van der Waals surface area contributed by atoms with Crippen LogP contribution in [0.25, 0.3) is 0 Å². The zero-order chi connectivity index (χ0) is 17.7. The molecule has 1 aromatic heterocycles. The summed E-state index contributed by atoms with van der Waals surface area (Å²) in [6, 6.07) is 7.11. The summed E-state index contributed by atoms with van der Waals surface area (Å²) in [5.41, 5.74) is 0.483. The van der Waals surface area contributed by atoms with Crippen LogP contribution in [0.15, 0.2) is 41.4 Å². The molecule has 0 fully saturated rings. The van der Waals surface area contributed by atoms with Gasteiger partial charge in [0.2, 0.25) is 0 Å². The molecule has 1 amide bonds. The van der Waals surface area contributed by atoms with E-state index >= 15 is 0 Å². The Morgan fingerprint density at radius 3 is 2.42 bits per heavy atom. The van der Waals surface area contributed by atoms with Crippen molar-refractivity contribution in [3.8, 4) is 11.5 Å². The molecule has 2 aromatic rings. The lowest BCUT2D eigenvalue weighted by Gasteiger charge is -2.21. The van der Waals surface area contributed by atoms with Crippen molar-refractivity contribution in [3.05, 3.63) is 56.2 Å². The molecule has 0 atom stereocenters. The summed E-state index contributed by atoms with van der Waals surface area (Å²) in [6.45, 7) is 4.62. The van der Waals surface area contributed by atoms with Crippen LogP contribution in [0.1, 0.15) is 15.2 Å². The van der Waals surface area contributed by atoms with Crippen LogP contribution < -0.4 is 9.47 Å². The predicted octanol–water partition coefficient (Wildman–Crippen LogP) is 5.01. The molecule has 0 saturated carbocycles. The zero-order valence-electron chi connectivity index (χ0n) is 13.3. The Labute approximate surface area is 158 Å². The maximum atomic E-state index is 12.9. The van der Waals surface area contributed by atoms with Crippen LogP contribution in [0, 0.1) is 0 Å². The van der Waals surface area contributed by atoms with Crippen LogP contribution in [0.4, 0.5) is 0 Å². The monoisotopic (exact) mass is 429 g/mol. The van der Waals surface area contributed by atoms with E-state index < -0.39 is 0 Å². The summed E-state index contributed by atoms with van der Waals surface area (Å²) in [6.07, 6.45) is 1.69. The summed E-state index contributed by atoms with van der Waals surface area (Å²) in [5.74, 6) is 0.939. The normalized spacial score (nSPS) is 10.3. The Hall–Kier alpha value is -1.50. The lowest BCUT2D eigenvalue weighted by Crippen LogP contribution is -2.30. The van der Waals surface area contributed by atoms with Gasteiger partial charge in [-0.1, -0.05) is 17.7 Å². The first-order valence-electron chi connectivity index (χ1n) is 7.06. The van der Waals surface area contributed by atoms with E-state index in [1.165, 1.54) is 11.3 Å². The third-order valence-electron chi connectivity index (χ3n) is 3.30. The maximum Gasteiger partial charge on any atom is 0.254 e. The quantitative estimate of drug-likeness (QED) is 0.580. The molecule has 0 N–H and O–H groups in total. The summed E-state index contributed by atoms with van der Waals surface area (Å²) < 4.78 is 12.0. The highest BCUT2D eigenvalue weighted by Gasteiger charge is 2.20. The number of methoxy groups -OCH3 is 2. The van der Waals surface area contributed by atoms with Gasteiger partial charge in [0, 0.05) is 17.0 Å². The van der Waals surface area contributed by atoms with Gasteiger partial charge in [-0.2, -0.15) is 0 Å². The minimum atomic E-state index is -0.136. The van der Waals surface area contributed by atoms with Crippen LogP contribution in [0.5, 0.6) is 11.5 Å². The van der Waals surface area contributed by atoms with E-state index in [2.05, 4.69) is 22.5 Å². The number of carbonyl (C=O) groups excluding carboxylic acids is 1. The number of ether oxygens (including phenoxy) is 2. The van der Waals surface area contributed by atoms with Crippen molar-refractivity contribution in [2.75, 3.05) is 20.8 Å². The second kappa shape index (κ2) is 8.55. The molecule has 128 valence electrons. The van der Waals surface area contributed by atoms with Crippen LogP contribution in [-0.2, 0) is 6.54 Å². The number of amides is 1. The Bertz CT molecular complexity index is 722. The van der Waals surface area contributed by atoms with E-state index in [9.17, 15) is 4.79 Å². The van der Waals surface area contributed by atoms with Gasteiger partial charge in [-0.05, 0) is 40.2 Å². The van der Waals surface area contributed by atoms with Crippen molar-refractivity contribution >= 4 is 44.8 Å². The molecule has 0 unspecified atom stereocenters. The highest BCUT2D eigenvalue weighted by atomic mass is 79.9. The van der Waals surface area contributed by atoms with Gasteiger partial charge >= 0.3 is 0 Å². The first-order chi connectivity index (χ1) is 11.5. The summed E-state index contributed by atoms with van der Waals surface area (Å²) in [5, 5.41) is 0. The molecule has 0 spiro atoms. The molecular formula is C17H17BrClNO3S. The highest BCUT2D eigenvalue weighted by molar-refractivity contribution is 9.10. The predicted molar refractivity (Wildman–Crippen MR) is 102 cm³/mol. The van der Waals surface area contributed by atoms with Crippen molar-refractivity contribution in [3.63, 3.8) is 0 Å². The Morgan fingerprint density at radius 1 is 1.33 bits per heavy atom. The average Bonchev–Trinajstić information content (AvgIpc) is 2.99. The van der Waals surface area contributed by atoms with E-state index in [1.54, 1.807) is 37.3 Å². The Kier molecular flexibility index (Phi) is 6.71. The molecule has 24 heavy (non-hydrogen) atoms. The summed E-state index contributed by atoms with van der Waals surface area (Å²) in [4.78, 5) is 15.6. The van der Waals surface area contributed by atoms with Gasteiger partial charge < -0.3 is 14.4 Å². The largest absolute Gasteiger partial charge is 0.495 e. The number of halogens is 2. The minimum Gasteiger partial charge on any atom is -0.495 e. The molecule has 0 aliphatic rings. The van der Waals surface area contributed by atoms with E-state index in [0.717, 1.165) is 4.88 Å². The number of nitrogens with zero attached hydrogens (tertiary/aromatic N) is 1. The molecular weight excluding hydrogens is 414 g/mol. The fraction of sp³-hybridized carbons (Fsp3) is 0.235. The van der Waals surface area contributed by atoms with Gasteiger partial charge in [0.25, 0.3) is 5.91 Å². The standard InChI is InChI=1S/C17H17BrClNO3S/c1-4-7-20(10-12-5-6-15(19)24-12)17(21)11-8-13(22-2)16(18)14(9-11)23-3/h4-6,8-9H,1,7,10H2,2-3H3. The SMILES string of the molecule is C=CCN(Cc1ccc(Cl)s1)C(=O)c1cc(OC)c(Br)c(OC)c1. The fourth-order valence-corrected chi connectivity index (χ4v) is 3.83. The Balaban J connectivity index is 2.33. The lowest BCUT2D eigenvalue weighted by atomic mass is 10.1. The molecule has 4 nitrogen and oxygen atoms in total. The van der Waals surface area contributed by atoms with Gasteiger partial charge in [-0.25, -0.2) is 0 Å². The molecule has 2 rings (SSSR count). The van der Waals surface area contributed by atoms with Gasteiger partial charge in [-0.3, -0.25) is 4.79 Å². The number of hydrogen-bond acceptors (Lipinski definition) is 4. The molecule has 0 aliphatic carbocycles. The lowest BCUT2D eigenvalue weighted by molar-refractivity contribution is 0.0763. The van der Waals surface area contributed by atoms with Crippen molar-refractivity contribution in [2.45, 2.75) is 6.54 Å². The number of carbonyl (C=O) groups is 1. The van der Waals surface area contributed by atoms with Gasteiger partial charge in [0.15, 0.2) is 0 Å². The van der Waals surface area contributed by atoms with Crippen LogP contribution >= 0.6 is 38.9 Å². The second-order valence-corrected chi connectivity index (χ2v) is 7.47. The minimum absolute atomic E-state index is 0.136. The first kappa shape index (κ1) is 18.8. The van der Waals surface area contributed by atoms with Crippen molar-refractivity contribution < 1.29 is 14.3 Å². The molecule has 0 bridgehead atoms. The maximum absolute atomic E-state index is 12.9. The smallest absolute Gasteiger partial charge is 0.254 e. The number of hydrogen-bond donors (Lipinski definition) is 0. The second-order valence-electron chi connectivity index (χ2n) is 4.87. The van der Waals surface area contributed by atoms with Crippen LogP contribution in [-0.4, -0.2) is 31.6 Å². The Morgan fingerprint density at radius 2 is 1.96 bits per heavy atom. The van der Waals surface area contributed by atoms with Crippen molar-refractivity contribution in [2.24, 2.45) is 0 Å². The van der Waals surface area contributed by atoms with Gasteiger partial charge in [0.05, 0.1) is 25.1 Å². The molecule has 0 radical (unpaired) electrons. The number of rotatable bonds is 7. The van der Waals surface area contributed by atoms with Crippen LogP contribution in [0.2, 0.25) is 4.34 Å². The van der Waals surface area contributed by atoms with Crippen molar-refractivity contribution in [1.29, 1.82) is 0 Å². The number of thiophene rings is 1. The fourth-order valence-electron chi connectivity index (χ4n) is 2.18. The summed E-state index contributed by atoms with van der Waals surface area (Å²) >= 11 is 10.8. The van der Waals surface area contributed by atoms with E-state index in [-0.39, 0.29) is 5.91 Å². The molecule has 1 heterocycles. The van der Waals surface area contributed by atoms with Gasteiger partial charge in [0.1, 0.15) is 16.0 Å². The van der Waals surface area contributed by atoms with E-state index in [1.807, 2.05) is 12.1 Å². The third kappa shape index (κ3) is 4.32. The molecule has 0 aliphatic heterocycles. The van der Waals surface area contributed by atoms with Gasteiger partial charge in [-0.15, -0.1) is 17.9 Å². The van der Waals surface area contributed by atoms with Crippen LogP contribution in [0.3, 0.4) is 0 Å². The zero-order valence-corrected chi connectivity index (χ0v) is 16.5. The number of benzene rings is 1. The average molecular weight is 431 g/mol. The molecule has 0 saturated heterocycles. The molecule has 7 heteroatoms. The van der Waals surface area contributed by atoms with E-state index in [4.69, 9.17) is 21.1 Å². The third-order valence-corrected chi connectivity index (χ3v) is 5.30.